The normalized spacial score (nSPS) is 26.0. The molecule has 1 saturated carbocycles. The molecule has 0 spiro atoms. The molecule has 0 bridgehead atoms. The van der Waals surface area contributed by atoms with Crippen LogP contribution in [0.1, 0.15) is 56.6 Å². The Labute approximate surface area is 129 Å². The zero-order chi connectivity index (χ0) is 14.5. The van der Waals surface area contributed by atoms with Crippen molar-refractivity contribution in [3.05, 3.63) is 35.4 Å². The summed E-state index contributed by atoms with van der Waals surface area (Å²) in [5.41, 5.74) is 2.89. The lowest BCUT2D eigenvalue weighted by Crippen LogP contribution is -2.41. The SMILES string of the molecule is CCCNCc1ccc(CN2CCCC3CCCC32)cc1. The Morgan fingerprint density at radius 2 is 1.81 bits per heavy atom. The molecule has 2 heteroatoms. The molecule has 2 atom stereocenters. The largest absolute Gasteiger partial charge is 0.313 e. The third kappa shape index (κ3) is 3.87. The molecule has 2 unspecified atom stereocenters. The molecule has 1 aliphatic carbocycles. The van der Waals surface area contributed by atoms with Crippen LogP contribution in [-0.4, -0.2) is 24.0 Å². The molecule has 1 heterocycles. The molecule has 1 N–H and O–H groups in total. The van der Waals surface area contributed by atoms with Crippen LogP contribution in [0.5, 0.6) is 0 Å². The first-order valence-corrected chi connectivity index (χ1v) is 8.89. The summed E-state index contributed by atoms with van der Waals surface area (Å²) in [6.45, 7) is 6.79. The molecule has 1 aromatic carbocycles. The smallest absolute Gasteiger partial charge is 0.0236 e. The third-order valence-corrected chi connectivity index (χ3v) is 5.27. The van der Waals surface area contributed by atoms with Gasteiger partial charge in [-0.2, -0.15) is 0 Å². The number of nitrogens with one attached hydrogen (secondary N) is 1. The summed E-state index contributed by atoms with van der Waals surface area (Å²) >= 11 is 0. The summed E-state index contributed by atoms with van der Waals surface area (Å²) in [6, 6.07) is 10.1. The topological polar surface area (TPSA) is 15.3 Å². The number of piperidine rings is 1. The maximum absolute atomic E-state index is 3.47. The highest BCUT2D eigenvalue weighted by Gasteiger charge is 2.34. The van der Waals surface area contributed by atoms with Crippen molar-refractivity contribution in [1.82, 2.24) is 10.2 Å². The van der Waals surface area contributed by atoms with Crippen LogP contribution in [0.25, 0.3) is 0 Å². The zero-order valence-electron chi connectivity index (χ0n) is 13.5. The van der Waals surface area contributed by atoms with Crippen molar-refractivity contribution in [1.29, 1.82) is 0 Å². The van der Waals surface area contributed by atoms with Gasteiger partial charge < -0.3 is 5.32 Å². The second kappa shape index (κ2) is 7.42. The summed E-state index contributed by atoms with van der Waals surface area (Å²) in [5, 5.41) is 3.47. The first-order valence-electron chi connectivity index (χ1n) is 8.89. The van der Waals surface area contributed by atoms with E-state index in [0.717, 1.165) is 31.6 Å². The summed E-state index contributed by atoms with van der Waals surface area (Å²) < 4.78 is 0. The summed E-state index contributed by atoms with van der Waals surface area (Å²) in [4.78, 5) is 2.76. The number of hydrogen-bond acceptors (Lipinski definition) is 2. The predicted molar refractivity (Wildman–Crippen MR) is 89.2 cm³/mol. The minimum atomic E-state index is 0.879. The second-order valence-electron chi connectivity index (χ2n) is 6.86. The van der Waals surface area contributed by atoms with E-state index in [1.165, 1.54) is 56.2 Å². The van der Waals surface area contributed by atoms with Crippen molar-refractivity contribution in [2.45, 2.75) is 64.6 Å². The minimum Gasteiger partial charge on any atom is -0.313 e. The third-order valence-electron chi connectivity index (χ3n) is 5.27. The lowest BCUT2D eigenvalue weighted by atomic mass is 9.91. The van der Waals surface area contributed by atoms with E-state index in [1.54, 1.807) is 0 Å². The number of likely N-dealkylation sites (tertiary alicyclic amines) is 1. The number of rotatable bonds is 6. The van der Waals surface area contributed by atoms with Crippen molar-refractivity contribution in [3.63, 3.8) is 0 Å². The summed E-state index contributed by atoms with van der Waals surface area (Å²) in [5.74, 6) is 0.997. The lowest BCUT2D eigenvalue weighted by Gasteiger charge is -2.37. The molecule has 2 aliphatic rings. The Hall–Kier alpha value is -0.860. The quantitative estimate of drug-likeness (QED) is 0.797. The van der Waals surface area contributed by atoms with Gasteiger partial charge in [0.1, 0.15) is 0 Å². The molecule has 2 fully saturated rings. The molecular formula is C19H30N2. The van der Waals surface area contributed by atoms with Crippen molar-refractivity contribution in [3.8, 4) is 0 Å². The molecule has 1 aromatic rings. The standard InChI is InChI=1S/C19H30N2/c1-2-12-20-14-16-8-10-17(11-9-16)15-21-13-4-6-18-5-3-7-19(18)21/h8-11,18-20H,2-7,12-15H2,1H3. The Bertz CT molecular complexity index is 426. The van der Waals surface area contributed by atoms with Crippen LogP contribution in [0.4, 0.5) is 0 Å². The molecular weight excluding hydrogens is 256 g/mol. The highest BCUT2D eigenvalue weighted by molar-refractivity contribution is 5.22. The van der Waals surface area contributed by atoms with Gasteiger partial charge in [-0.3, -0.25) is 4.90 Å². The van der Waals surface area contributed by atoms with Gasteiger partial charge in [-0.1, -0.05) is 37.6 Å². The number of benzene rings is 1. The summed E-state index contributed by atoms with van der Waals surface area (Å²) in [7, 11) is 0. The average molecular weight is 286 g/mol. The van der Waals surface area contributed by atoms with Crippen molar-refractivity contribution in [2.75, 3.05) is 13.1 Å². The predicted octanol–water partition coefficient (Wildman–Crippen LogP) is 3.95. The van der Waals surface area contributed by atoms with Crippen LogP contribution in [0, 0.1) is 5.92 Å². The van der Waals surface area contributed by atoms with E-state index in [2.05, 4.69) is 41.4 Å². The van der Waals surface area contributed by atoms with Crippen LogP contribution in [-0.2, 0) is 13.1 Å². The van der Waals surface area contributed by atoms with E-state index < -0.39 is 0 Å². The van der Waals surface area contributed by atoms with Crippen molar-refractivity contribution >= 4 is 0 Å². The van der Waals surface area contributed by atoms with Gasteiger partial charge in [0.15, 0.2) is 0 Å². The van der Waals surface area contributed by atoms with Crippen LogP contribution < -0.4 is 5.32 Å². The van der Waals surface area contributed by atoms with Gasteiger partial charge in [-0.15, -0.1) is 0 Å². The van der Waals surface area contributed by atoms with Crippen molar-refractivity contribution in [2.24, 2.45) is 5.92 Å². The van der Waals surface area contributed by atoms with Gasteiger partial charge >= 0.3 is 0 Å². The molecule has 21 heavy (non-hydrogen) atoms. The highest BCUT2D eigenvalue weighted by atomic mass is 15.2. The molecule has 116 valence electrons. The Balaban J connectivity index is 1.54. The maximum atomic E-state index is 3.47. The second-order valence-corrected chi connectivity index (χ2v) is 6.86. The van der Waals surface area contributed by atoms with Crippen LogP contribution >= 0.6 is 0 Å². The van der Waals surface area contributed by atoms with E-state index in [1.807, 2.05) is 0 Å². The number of fused-ring (bicyclic) bond motifs is 1. The molecule has 0 radical (unpaired) electrons. The van der Waals surface area contributed by atoms with Gasteiger partial charge in [0.25, 0.3) is 0 Å². The van der Waals surface area contributed by atoms with Gasteiger partial charge in [-0.05, 0) is 62.2 Å². The fraction of sp³-hybridized carbons (Fsp3) is 0.684. The monoisotopic (exact) mass is 286 g/mol. The Morgan fingerprint density at radius 3 is 2.62 bits per heavy atom. The van der Waals surface area contributed by atoms with E-state index >= 15 is 0 Å². The summed E-state index contributed by atoms with van der Waals surface area (Å²) in [6.07, 6.45) is 8.44. The van der Waals surface area contributed by atoms with Crippen LogP contribution in [0.2, 0.25) is 0 Å². The first-order chi connectivity index (χ1) is 10.4. The van der Waals surface area contributed by atoms with Gasteiger partial charge in [0.05, 0.1) is 0 Å². The number of hydrogen-bond donors (Lipinski definition) is 1. The maximum Gasteiger partial charge on any atom is 0.0236 e. The van der Waals surface area contributed by atoms with Crippen molar-refractivity contribution < 1.29 is 0 Å². The fourth-order valence-electron chi connectivity index (χ4n) is 4.16. The first kappa shape index (κ1) is 15.1. The van der Waals surface area contributed by atoms with Crippen LogP contribution in [0.15, 0.2) is 24.3 Å². The lowest BCUT2D eigenvalue weighted by molar-refractivity contribution is 0.106. The van der Waals surface area contributed by atoms with E-state index in [4.69, 9.17) is 0 Å². The molecule has 0 amide bonds. The van der Waals surface area contributed by atoms with Gasteiger partial charge in [0.2, 0.25) is 0 Å². The molecule has 0 aromatic heterocycles. The molecule has 3 rings (SSSR count). The number of nitrogens with zero attached hydrogens (tertiary/aromatic N) is 1. The highest BCUT2D eigenvalue weighted by Crippen LogP contribution is 2.37. The Kier molecular flexibility index (Phi) is 5.32. The molecule has 1 aliphatic heterocycles. The van der Waals surface area contributed by atoms with Crippen LogP contribution in [0.3, 0.4) is 0 Å². The fourth-order valence-corrected chi connectivity index (χ4v) is 4.16. The molecule has 2 nitrogen and oxygen atoms in total. The molecule has 1 saturated heterocycles. The zero-order valence-corrected chi connectivity index (χ0v) is 13.5. The minimum absolute atomic E-state index is 0.879. The van der Waals surface area contributed by atoms with E-state index in [9.17, 15) is 0 Å². The van der Waals surface area contributed by atoms with Gasteiger partial charge in [-0.25, -0.2) is 0 Å². The Morgan fingerprint density at radius 1 is 1.05 bits per heavy atom. The van der Waals surface area contributed by atoms with E-state index in [-0.39, 0.29) is 0 Å². The van der Waals surface area contributed by atoms with Gasteiger partial charge in [0, 0.05) is 19.1 Å². The average Bonchev–Trinajstić information content (AvgIpc) is 2.99. The van der Waals surface area contributed by atoms with E-state index in [0.29, 0.717) is 0 Å².